The van der Waals surface area contributed by atoms with E-state index in [1.165, 1.54) is 47.9 Å². The van der Waals surface area contributed by atoms with E-state index in [9.17, 15) is 0 Å². The Morgan fingerprint density at radius 3 is 2.65 bits per heavy atom. The van der Waals surface area contributed by atoms with Crippen LogP contribution in [0.2, 0.25) is 0 Å². The van der Waals surface area contributed by atoms with Crippen LogP contribution >= 0.6 is 11.3 Å². The summed E-state index contributed by atoms with van der Waals surface area (Å²) in [7, 11) is 2.21. The van der Waals surface area contributed by atoms with E-state index in [1.54, 1.807) is 0 Å². The third-order valence-electron chi connectivity index (χ3n) is 4.07. The Balaban J connectivity index is 1.65. The summed E-state index contributed by atoms with van der Waals surface area (Å²) in [5.41, 5.74) is 1.39. The molecule has 20 heavy (non-hydrogen) atoms. The van der Waals surface area contributed by atoms with E-state index in [0.29, 0.717) is 5.92 Å². The monoisotopic (exact) mass is 293 g/mol. The predicted molar refractivity (Wildman–Crippen MR) is 86.6 cm³/mol. The Kier molecular flexibility index (Phi) is 4.32. The molecule has 0 bridgehead atoms. The zero-order valence-electron chi connectivity index (χ0n) is 13.0. The molecular weight excluding hydrogens is 266 g/mol. The second-order valence-electron chi connectivity index (χ2n) is 6.93. The van der Waals surface area contributed by atoms with Crippen LogP contribution in [0.25, 0.3) is 0 Å². The summed E-state index contributed by atoms with van der Waals surface area (Å²) in [5, 5.41) is 4.82. The summed E-state index contributed by atoms with van der Waals surface area (Å²) < 4.78 is 0. The quantitative estimate of drug-likeness (QED) is 0.793. The third kappa shape index (κ3) is 3.73. The smallest absolute Gasteiger partial charge is 0.185 e. The van der Waals surface area contributed by atoms with Crippen molar-refractivity contribution >= 4 is 16.5 Å². The first-order valence-corrected chi connectivity index (χ1v) is 8.86. The number of nitrogens with zero attached hydrogens (tertiary/aromatic N) is 2. The molecule has 2 fully saturated rings. The van der Waals surface area contributed by atoms with Gasteiger partial charge in [0.05, 0.1) is 5.69 Å². The summed E-state index contributed by atoms with van der Waals surface area (Å²) in [4.78, 5) is 8.81. The maximum Gasteiger partial charge on any atom is 0.185 e. The van der Waals surface area contributed by atoms with Gasteiger partial charge in [-0.1, -0.05) is 13.8 Å². The number of hydrogen-bond acceptors (Lipinski definition) is 4. The Labute approximate surface area is 126 Å². The van der Waals surface area contributed by atoms with Crippen LogP contribution in [-0.4, -0.2) is 25.1 Å². The maximum atomic E-state index is 4.96. The van der Waals surface area contributed by atoms with Crippen molar-refractivity contribution in [3.05, 3.63) is 10.6 Å². The molecular formula is C16H27N3S. The molecule has 0 aliphatic heterocycles. The van der Waals surface area contributed by atoms with Gasteiger partial charge >= 0.3 is 0 Å². The van der Waals surface area contributed by atoms with Gasteiger partial charge in [0.2, 0.25) is 0 Å². The van der Waals surface area contributed by atoms with Crippen molar-refractivity contribution in [1.82, 2.24) is 10.3 Å². The Morgan fingerprint density at radius 2 is 2.05 bits per heavy atom. The molecule has 0 aromatic carbocycles. The fourth-order valence-electron chi connectivity index (χ4n) is 2.56. The van der Waals surface area contributed by atoms with Crippen molar-refractivity contribution in [3.8, 4) is 0 Å². The average Bonchev–Trinajstić information content (AvgIpc) is 3.30. The molecule has 0 spiro atoms. The van der Waals surface area contributed by atoms with Crippen LogP contribution in [0.1, 0.15) is 56.0 Å². The van der Waals surface area contributed by atoms with Crippen molar-refractivity contribution in [2.75, 3.05) is 25.0 Å². The van der Waals surface area contributed by atoms with E-state index >= 15 is 0 Å². The van der Waals surface area contributed by atoms with E-state index in [2.05, 4.69) is 31.1 Å². The molecule has 3 nitrogen and oxygen atoms in total. The summed E-state index contributed by atoms with van der Waals surface area (Å²) in [6.07, 6.45) is 5.50. The third-order valence-corrected chi connectivity index (χ3v) is 5.26. The molecule has 1 N–H and O–H groups in total. The van der Waals surface area contributed by atoms with Crippen molar-refractivity contribution in [2.45, 2.75) is 52.0 Å². The zero-order valence-corrected chi connectivity index (χ0v) is 13.8. The highest BCUT2D eigenvalue weighted by molar-refractivity contribution is 7.15. The molecule has 2 aliphatic carbocycles. The molecule has 1 heterocycles. The number of thiazole rings is 1. The largest absolute Gasteiger partial charge is 0.351 e. The van der Waals surface area contributed by atoms with Gasteiger partial charge in [-0.2, -0.15) is 0 Å². The lowest BCUT2D eigenvalue weighted by atomic mass is 10.2. The summed E-state index contributed by atoms with van der Waals surface area (Å²) in [5.74, 6) is 2.39. The minimum Gasteiger partial charge on any atom is -0.351 e. The first kappa shape index (κ1) is 14.3. The van der Waals surface area contributed by atoms with Crippen molar-refractivity contribution < 1.29 is 0 Å². The van der Waals surface area contributed by atoms with Crippen molar-refractivity contribution in [2.24, 2.45) is 11.8 Å². The number of hydrogen-bond donors (Lipinski definition) is 1. The molecule has 0 radical (unpaired) electrons. The van der Waals surface area contributed by atoms with E-state index < -0.39 is 0 Å². The first-order valence-electron chi connectivity index (χ1n) is 8.05. The van der Waals surface area contributed by atoms with Crippen molar-refractivity contribution in [3.63, 3.8) is 0 Å². The molecule has 1 aromatic heterocycles. The van der Waals surface area contributed by atoms with Crippen LogP contribution in [0.5, 0.6) is 0 Å². The van der Waals surface area contributed by atoms with Gasteiger partial charge in [-0.3, -0.25) is 0 Å². The van der Waals surface area contributed by atoms with E-state index in [4.69, 9.17) is 4.98 Å². The van der Waals surface area contributed by atoms with E-state index in [-0.39, 0.29) is 0 Å². The number of anilines is 1. The Bertz CT molecular complexity index is 447. The molecule has 0 saturated heterocycles. The molecule has 0 amide bonds. The van der Waals surface area contributed by atoms with Crippen LogP contribution in [0.4, 0.5) is 5.13 Å². The van der Waals surface area contributed by atoms with E-state index in [1.807, 2.05) is 11.3 Å². The van der Waals surface area contributed by atoms with E-state index in [0.717, 1.165) is 24.9 Å². The van der Waals surface area contributed by atoms with Crippen LogP contribution in [0, 0.1) is 11.8 Å². The predicted octanol–water partition coefficient (Wildman–Crippen LogP) is 3.61. The topological polar surface area (TPSA) is 28.2 Å². The van der Waals surface area contributed by atoms with Gasteiger partial charge in [0, 0.05) is 30.9 Å². The number of aromatic nitrogens is 1. The van der Waals surface area contributed by atoms with Gasteiger partial charge in [0.1, 0.15) is 0 Å². The molecule has 4 heteroatoms. The normalized spacial score (nSPS) is 18.8. The summed E-state index contributed by atoms with van der Waals surface area (Å²) >= 11 is 1.91. The minimum atomic E-state index is 0.712. The molecule has 0 atom stereocenters. The number of nitrogens with one attached hydrogen (secondary N) is 1. The molecule has 0 unspecified atom stereocenters. The second-order valence-corrected chi connectivity index (χ2v) is 7.99. The molecule has 1 aromatic rings. The fraction of sp³-hybridized carbons (Fsp3) is 0.812. The minimum absolute atomic E-state index is 0.712. The summed E-state index contributed by atoms with van der Waals surface area (Å²) in [6.45, 7) is 7.80. The van der Waals surface area contributed by atoms with Gasteiger partial charge in [0.25, 0.3) is 0 Å². The molecule has 112 valence electrons. The van der Waals surface area contributed by atoms with Crippen LogP contribution < -0.4 is 10.2 Å². The second kappa shape index (κ2) is 6.02. The lowest BCUT2D eigenvalue weighted by Gasteiger charge is -2.14. The first-order chi connectivity index (χ1) is 9.63. The Morgan fingerprint density at radius 1 is 1.30 bits per heavy atom. The van der Waals surface area contributed by atoms with Gasteiger partial charge in [-0.05, 0) is 44.1 Å². The SMILES string of the molecule is CC(C)CNCc1sc(N(C)CC2CC2)nc1C1CC1. The maximum absolute atomic E-state index is 4.96. The Hall–Kier alpha value is -0.610. The van der Waals surface area contributed by atoms with Gasteiger partial charge < -0.3 is 10.2 Å². The average molecular weight is 293 g/mol. The summed E-state index contributed by atoms with van der Waals surface area (Å²) in [6, 6.07) is 0. The fourth-order valence-corrected chi connectivity index (χ4v) is 3.64. The molecule has 3 rings (SSSR count). The van der Waals surface area contributed by atoms with Crippen molar-refractivity contribution in [1.29, 1.82) is 0 Å². The van der Waals surface area contributed by atoms with Crippen LogP contribution in [-0.2, 0) is 6.54 Å². The highest BCUT2D eigenvalue weighted by Gasteiger charge is 2.31. The highest BCUT2D eigenvalue weighted by atomic mass is 32.1. The number of rotatable bonds is 8. The van der Waals surface area contributed by atoms with Crippen LogP contribution in [0.15, 0.2) is 0 Å². The molecule has 2 saturated carbocycles. The van der Waals surface area contributed by atoms with Gasteiger partial charge in [0.15, 0.2) is 5.13 Å². The van der Waals surface area contributed by atoms with Crippen LogP contribution in [0.3, 0.4) is 0 Å². The lowest BCUT2D eigenvalue weighted by Crippen LogP contribution is -2.19. The van der Waals surface area contributed by atoms with Gasteiger partial charge in [-0.25, -0.2) is 4.98 Å². The lowest BCUT2D eigenvalue weighted by molar-refractivity contribution is 0.553. The highest BCUT2D eigenvalue weighted by Crippen LogP contribution is 2.44. The van der Waals surface area contributed by atoms with Gasteiger partial charge in [-0.15, -0.1) is 11.3 Å². The zero-order chi connectivity index (χ0) is 14.1. The molecule has 2 aliphatic rings. The standard InChI is InChI=1S/C16H27N3S/c1-11(2)8-17-9-14-15(13-6-7-13)18-16(20-14)19(3)10-12-4-5-12/h11-13,17H,4-10H2,1-3H3.